The summed E-state index contributed by atoms with van der Waals surface area (Å²) in [5.41, 5.74) is 1.17. The molecule has 120 valence electrons. The van der Waals surface area contributed by atoms with Gasteiger partial charge >= 0.3 is 0 Å². The minimum Gasteiger partial charge on any atom is -0.507 e. The average molecular weight is 331 g/mol. The van der Waals surface area contributed by atoms with Crippen LogP contribution in [0.15, 0.2) is 16.4 Å². The molecule has 2 aromatic heterocycles. The van der Waals surface area contributed by atoms with Gasteiger partial charge in [0.1, 0.15) is 11.3 Å². The minimum atomic E-state index is -0.578. The second-order valence-corrected chi connectivity index (χ2v) is 6.95. The van der Waals surface area contributed by atoms with E-state index in [2.05, 4.69) is 10.3 Å². The topological polar surface area (TPSA) is 84.2 Å². The second-order valence-electron chi connectivity index (χ2n) is 6.05. The van der Waals surface area contributed by atoms with Gasteiger partial charge in [-0.05, 0) is 38.5 Å². The molecule has 0 aromatic carbocycles. The Balaban J connectivity index is 1.84. The highest BCUT2D eigenvalue weighted by atomic mass is 32.1. The normalized spacial score (nSPS) is 16.9. The summed E-state index contributed by atoms with van der Waals surface area (Å²) < 4.78 is 1.75. The number of amides is 1. The SMILES string of the molecule is O=C(Nc1nccs1)c1c(O)c2c(n(C3CC3)c1=O)CCCC2. The van der Waals surface area contributed by atoms with Crippen LogP contribution in [0.4, 0.5) is 5.13 Å². The number of aromatic nitrogens is 2. The molecule has 2 aliphatic carbocycles. The lowest BCUT2D eigenvalue weighted by molar-refractivity contribution is 0.102. The van der Waals surface area contributed by atoms with Gasteiger partial charge in [-0.25, -0.2) is 4.98 Å². The minimum absolute atomic E-state index is 0.143. The monoisotopic (exact) mass is 331 g/mol. The summed E-state index contributed by atoms with van der Waals surface area (Å²) in [6.07, 6.45) is 7.00. The Bertz CT molecular complexity index is 822. The van der Waals surface area contributed by atoms with E-state index in [1.807, 2.05) is 0 Å². The maximum atomic E-state index is 12.8. The predicted molar refractivity (Wildman–Crippen MR) is 87.3 cm³/mol. The van der Waals surface area contributed by atoms with Crippen LogP contribution in [-0.2, 0) is 12.8 Å². The van der Waals surface area contributed by atoms with Gasteiger partial charge in [-0.2, -0.15) is 0 Å². The highest BCUT2D eigenvalue weighted by Crippen LogP contribution is 2.39. The number of fused-ring (bicyclic) bond motifs is 1. The van der Waals surface area contributed by atoms with E-state index in [-0.39, 0.29) is 22.9 Å². The van der Waals surface area contributed by atoms with Gasteiger partial charge in [0.2, 0.25) is 0 Å². The molecule has 1 fully saturated rings. The van der Waals surface area contributed by atoms with Crippen LogP contribution in [0.5, 0.6) is 5.75 Å². The first-order chi connectivity index (χ1) is 11.2. The van der Waals surface area contributed by atoms with Gasteiger partial charge in [-0.3, -0.25) is 14.9 Å². The van der Waals surface area contributed by atoms with Crippen LogP contribution < -0.4 is 10.9 Å². The standard InChI is InChI=1S/C16H17N3O3S/c20-13-10-3-1-2-4-11(10)19(9-5-6-9)15(22)12(13)14(21)18-16-17-7-8-23-16/h7-9,20H,1-6H2,(H,17,18,21). The van der Waals surface area contributed by atoms with E-state index in [9.17, 15) is 14.7 Å². The third-order valence-corrected chi connectivity index (χ3v) is 5.17. The Morgan fingerprint density at radius 2 is 2.13 bits per heavy atom. The number of nitrogens with zero attached hydrogens (tertiary/aromatic N) is 2. The molecule has 0 unspecified atom stereocenters. The molecule has 2 heterocycles. The number of rotatable bonds is 3. The number of nitrogens with one attached hydrogen (secondary N) is 1. The summed E-state index contributed by atoms with van der Waals surface area (Å²) in [5, 5.41) is 15.3. The molecule has 23 heavy (non-hydrogen) atoms. The maximum Gasteiger partial charge on any atom is 0.267 e. The van der Waals surface area contributed by atoms with E-state index < -0.39 is 5.91 Å². The number of carbonyl (C=O) groups excluding carboxylic acids is 1. The predicted octanol–water partition coefficient (Wildman–Crippen LogP) is 2.48. The molecular formula is C16H17N3O3S. The van der Waals surface area contributed by atoms with E-state index in [1.165, 1.54) is 11.3 Å². The first kappa shape index (κ1) is 14.4. The van der Waals surface area contributed by atoms with Gasteiger partial charge in [0.25, 0.3) is 11.5 Å². The Labute approximate surface area is 136 Å². The van der Waals surface area contributed by atoms with Gasteiger partial charge in [-0.15, -0.1) is 11.3 Å². The van der Waals surface area contributed by atoms with Gasteiger partial charge in [0, 0.05) is 28.9 Å². The van der Waals surface area contributed by atoms with Crippen molar-refractivity contribution in [3.63, 3.8) is 0 Å². The maximum absolute atomic E-state index is 12.8. The van der Waals surface area contributed by atoms with Gasteiger partial charge in [0.05, 0.1) is 0 Å². The number of anilines is 1. The third kappa shape index (κ3) is 2.45. The average Bonchev–Trinajstić information content (AvgIpc) is 3.24. The van der Waals surface area contributed by atoms with Crippen LogP contribution in [0, 0.1) is 0 Å². The zero-order valence-corrected chi connectivity index (χ0v) is 13.4. The molecule has 0 saturated heterocycles. The van der Waals surface area contributed by atoms with E-state index in [1.54, 1.807) is 16.1 Å². The molecule has 1 amide bonds. The zero-order valence-electron chi connectivity index (χ0n) is 12.5. The smallest absolute Gasteiger partial charge is 0.267 e. The lowest BCUT2D eigenvalue weighted by Crippen LogP contribution is -2.33. The van der Waals surface area contributed by atoms with Crippen molar-refractivity contribution < 1.29 is 9.90 Å². The molecule has 7 heteroatoms. The molecule has 6 nitrogen and oxygen atoms in total. The summed E-state index contributed by atoms with van der Waals surface area (Å²) in [4.78, 5) is 29.3. The Morgan fingerprint density at radius 1 is 1.35 bits per heavy atom. The molecule has 4 rings (SSSR count). The van der Waals surface area contributed by atoms with Crippen LogP contribution in [-0.4, -0.2) is 20.6 Å². The lowest BCUT2D eigenvalue weighted by atomic mass is 9.93. The van der Waals surface area contributed by atoms with Crippen LogP contribution in [0.2, 0.25) is 0 Å². The summed E-state index contributed by atoms with van der Waals surface area (Å²) in [6, 6.07) is 0.182. The molecule has 0 spiro atoms. The van der Waals surface area contributed by atoms with Gasteiger partial charge in [0.15, 0.2) is 5.13 Å². The quantitative estimate of drug-likeness (QED) is 0.905. The molecule has 2 N–H and O–H groups in total. The van der Waals surface area contributed by atoms with Crippen molar-refractivity contribution in [3.05, 3.63) is 38.8 Å². The van der Waals surface area contributed by atoms with E-state index in [4.69, 9.17) is 0 Å². The highest BCUT2D eigenvalue weighted by Gasteiger charge is 2.34. The number of hydrogen-bond donors (Lipinski definition) is 2. The fraction of sp³-hybridized carbons (Fsp3) is 0.438. The fourth-order valence-electron chi connectivity index (χ4n) is 3.27. The number of pyridine rings is 1. The van der Waals surface area contributed by atoms with Crippen molar-refractivity contribution in [3.8, 4) is 5.75 Å². The van der Waals surface area contributed by atoms with Crippen LogP contribution in [0.1, 0.15) is 53.3 Å². The number of hydrogen-bond acceptors (Lipinski definition) is 5. The number of aromatic hydroxyl groups is 1. The second kappa shape index (κ2) is 5.49. The molecule has 0 radical (unpaired) electrons. The van der Waals surface area contributed by atoms with Crippen molar-refractivity contribution >= 4 is 22.4 Å². The first-order valence-electron chi connectivity index (χ1n) is 7.87. The third-order valence-electron chi connectivity index (χ3n) is 4.48. The summed E-state index contributed by atoms with van der Waals surface area (Å²) in [6.45, 7) is 0. The van der Waals surface area contributed by atoms with Crippen LogP contribution in [0.3, 0.4) is 0 Å². The van der Waals surface area contributed by atoms with Crippen LogP contribution in [0.25, 0.3) is 0 Å². The van der Waals surface area contributed by atoms with Crippen molar-refractivity contribution in [1.82, 2.24) is 9.55 Å². The Hall–Kier alpha value is -2.15. The molecule has 0 bridgehead atoms. The summed E-state index contributed by atoms with van der Waals surface area (Å²) in [5.74, 6) is -0.721. The summed E-state index contributed by atoms with van der Waals surface area (Å²) in [7, 11) is 0. The van der Waals surface area contributed by atoms with Crippen molar-refractivity contribution in [2.24, 2.45) is 0 Å². The number of carbonyl (C=O) groups is 1. The van der Waals surface area contributed by atoms with Crippen molar-refractivity contribution in [2.45, 2.75) is 44.6 Å². The van der Waals surface area contributed by atoms with Crippen LogP contribution >= 0.6 is 11.3 Å². The van der Waals surface area contributed by atoms with E-state index in [0.29, 0.717) is 11.6 Å². The van der Waals surface area contributed by atoms with Gasteiger partial charge in [-0.1, -0.05) is 0 Å². The van der Waals surface area contributed by atoms with Crippen molar-refractivity contribution in [1.29, 1.82) is 0 Å². The summed E-state index contributed by atoms with van der Waals surface area (Å²) >= 11 is 1.28. The zero-order chi connectivity index (χ0) is 16.0. The highest BCUT2D eigenvalue weighted by molar-refractivity contribution is 7.13. The largest absolute Gasteiger partial charge is 0.507 e. The first-order valence-corrected chi connectivity index (χ1v) is 8.75. The molecule has 0 atom stereocenters. The molecule has 2 aromatic rings. The number of thiazole rings is 1. The Morgan fingerprint density at radius 3 is 2.83 bits per heavy atom. The van der Waals surface area contributed by atoms with E-state index >= 15 is 0 Å². The van der Waals surface area contributed by atoms with E-state index in [0.717, 1.165) is 43.4 Å². The molecule has 2 aliphatic rings. The van der Waals surface area contributed by atoms with Crippen molar-refractivity contribution in [2.75, 3.05) is 5.32 Å². The fourth-order valence-corrected chi connectivity index (χ4v) is 3.80. The molecular weight excluding hydrogens is 314 g/mol. The van der Waals surface area contributed by atoms with Gasteiger partial charge < -0.3 is 9.67 Å². The molecule has 0 aliphatic heterocycles. The lowest BCUT2D eigenvalue weighted by Gasteiger charge is -2.23. The Kier molecular flexibility index (Phi) is 3.45. The molecule has 1 saturated carbocycles.